The molecule has 3 unspecified atom stereocenters. The Morgan fingerprint density at radius 2 is 1.91 bits per heavy atom. The zero-order chi connectivity index (χ0) is 25.5. The van der Waals surface area contributed by atoms with Crippen molar-refractivity contribution in [2.75, 3.05) is 6.61 Å². The maximum absolute atomic E-state index is 14.0. The first kappa shape index (κ1) is 26.1. The van der Waals surface area contributed by atoms with Crippen LogP contribution < -0.4 is 10.6 Å². The number of aliphatic hydroxyl groups excluding tert-OH is 1. The topological polar surface area (TPSA) is 108 Å². The Kier molecular flexibility index (Phi) is 7.60. The minimum absolute atomic E-state index is 0.0316. The second-order valence-electron chi connectivity index (χ2n) is 10.4. The molecular weight excluding hydrogens is 514 g/mol. The number of carbonyl (C=O) groups is 3. The number of alkyl halides is 1. The van der Waals surface area contributed by atoms with Crippen LogP contribution in [-0.2, 0) is 25.7 Å². The summed E-state index contributed by atoms with van der Waals surface area (Å²) < 4.78 is 6.49. The van der Waals surface area contributed by atoms with Gasteiger partial charge in [-0.2, -0.15) is 0 Å². The van der Waals surface area contributed by atoms with E-state index in [2.05, 4.69) is 26.6 Å². The molecule has 8 nitrogen and oxygen atoms in total. The van der Waals surface area contributed by atoms with Crippen LogP contribution in [0.2, 0.25) is 0 Å². The molecule has 8 atom stereocenters. The fourth-order valence-electron chi connectivity index (χ4n) is 6.10. The van der Waals surface area contributed by atoms with Gasteiger partial charge in [0, 0.05) is 17.4 Å². The van der Waals surface area contributed by atoms with Gasteiger partial charge in [-0.1, -0.05) is 66.5 Å². The monoisotopic (exact) mass is 549 g/mol. The van der Waals surface area contributed by atoms with E-state index in [1.807, 2.05) is 58.0 Å². The third kappa shape index (κ3) is 4.40. The second kappa shape index (κ2) is 10.2. The average molecular weight is 550 g/mol. The van der Waals surface area contributed by atoms with Crippen LogP contribution in [0, 0.1) is 17.8 Å². The summed E-state index contributed by atoms with van der Waals surface area (Å²) in [4.78, 5) is 42.5. The molecule has 3 fully saturated rings. The summed E-state index contributed by atoms with van der Waals surface area (Å²) in [5.74, 6) is -2.37. The largest absolute Gasteiger partial charge is 0.394 e. The third-order valence-corrected chi connectivity index (χ3v) is 8.71. The van der Waals surface area contributed by atoms with Crippen molar-refractivity contribution in [2.45, 2.75) is 81.7 Å². The van der Waals surface area contributed by atoms with Crippen LogP contribution in [0.25, 0.3) is 0 Å². The van der Waals surface area contributed by atoms with Crippen LogP contribution in [0.5, 0.6) is 0 Å². The predicted molar refractivity (Wildman–Crippen MR) is 134 cm³/mol. The van der Waals surface area contributed by atoms with Gasteiger partial charge in [-0.05, 0) is 31.7 Å². The summed E-state index contributed by atoms with van der Waals surface area (Å²) in [5, 5.41) is 16.2. The lowest BCUT2D eigenvalue weighted by molar-refractivity contribution is -0.147. The van der Waals surface area contributed by atoms with Crippen molar-refractivity contribution in [3.63, 3.8) is 0 Å². The van der Waals surface area contributed by atoms with Crippen molar-refractivity contribution >= 4 is 33.7 Å². The molecule has 35 heavy (non-hydrogen) atoms. The second-order valence-corrected chi connectivity index (χ2v) is 11.6. The van der Waals surface area contributed by atoms with E-state index in [1.165, 1.54) is 4.90 Å². The number of halogens is 1. The number of hydrogen-bond donors (Lipinski definition) is 3. The molecule has 2 bridgehead atoms. The van der Waals surface area contributed by atoms with Crippen LogP contribution in [0.4, 0.5) is 0 Å². The number of ether oxygens (including phenoxy) is 1. The van der Waals surface area contributed by atoms with E-state index in [0.29, 0.717) is 13.0 Å². The Hall–Kier alpha value is -1.97. The summed E-state index contributed by atoms with van der Waals surface area (Å²) >= 11 is 3.68. The molecule has 0 aliphatic carbocycles. The molecule has 4 rings (SSSR count). The van der Waals surface area contributed by atoms with E-state index in [4.69, 9.17) is 4.74 Å². The number of nitrogens with zero attached hydrogens (tertiary/aromatic N) is 1. The lowest BCUT2D eigenvalue weighted by atomic mass is 9.70. The van der Waals surface area contributed by atoms with Gasteiger partial charge >= 0.3 is 0 Å². The van der Waals surface area contributed by atoms with Crippen LogP contribution in [-0.4, -0.2) is 69.0 Å². The Balaban J connectivity index is 1.70. The van der Waals surface area contributed by atoms with E-state index in [1.54, 1.807) is 0 Å². The molecule has 0 aromatic heterocycles. The van der Waals surface area contributed by atoms with Crippen molar-refractivity contribution in [1.82, 2.24) is 15.5 Å². The molecule has 3 heterocycles. The summed E-state index contributed by atoms with van der Waals surface area (Å²) in [6, 6.07) is 8.01. The molecule has 1 spiro atoms. The highest BCUT2D eigenvalue weighted by atomic mass is 79.9. The van der Waals surface area contributed by atoms with Gasteiger partial charge in [0.15, 0.2) is 0 Å². The molecule has 3 N–H and O–H groups in total. The van der Waals surface area contributed by atoms with Gasteiger partial charge in [-0.25, -0.2) is 0 Å². The fraction of sp³-hybridized carbons (Fsp3) is 0.654. The van der Waals surface area contributed by atoms with Crippen molar-refractivity contribution in [2.24, 2.45) is 17.8 Å². The van der Waals surface area contributed by atoms with Gasteiger partial charge in [0.2, 0.25) is 17.7 Å². The fourth-order valence-corrected chi connectivity index (χ4v) is 7.05. The minimum Gasteiger partial charge on any atom is -0.394 e. The van der Waals surface area contributed by atoms with E-state index in [-0.39, 0.29) is 41.1 Å². The maximum Gasteiger partial charge on any atom is 0.246 e. The number of aliphatic hydroxyl groups is 1. The SMILES string of the molecule is CC[C@H](C)[C@H](CO)N1C(=O)[C@@H]2[C@@H](C(=O)NCc3ccccc3)[C@@H]3OC2(CC3Br)C1C(=O)NC(C)C. The smallest absolute Gasteiger partial charge is 0.246 e. The molecule has 1 aromatic rings. The quantitative estimate of drug-likeness (QED) is 0.408. The number of benzene rings is 1. The number of likely N-dealkylation sites (tertiary alicyclic amines) is 1. The molecule has 3 amide bonds. The zero-order valence-electron chi connectivity index (χ0n) is 20.7. The first-order valence-electron chi connectivity index (χ1n) is 12.5. The van der Waals surface area contributed by atoms with E-state index in [9.17, 15) is 19.5 Å². The number of amides is 3. The van der Waals surface area contributed by atoms with Gasteiger partial charge in [0.05, 0.1) is 30.6 Å². The zero-order valence-corrected chi connectivity index (χ0v) is 22.3. The number of nitrogens with one attached hydrogen (secondary N) is 2. The Morgan fingerprint density at radius 1 is 1.23 bits per heavy atom. The molecule has 3 aliphatic heterocycles. The van der Waals surface area contributed by atoms with Gasteiger partial charge in [-0.15, -0.1) is 0 Å². The average Bonchev–Trinajstić information content (AvgIpc) is 3.42. The minimum atomic E-state index is -1.12. The third-order valence-electron chi connectivity index (χ3n) is 7.86. The molecule has 0 saturated carbocycles. The number of fused-ring (bicyclic) bond motifs is 1. The Bertz CT molecular complexity index is 960. The molecule has 3 aliphatic rings. The molecular formula is C26H36BrN3O5. The van der Waals surface area contributed by atoms with Crippen LogP contribution >= 0.6 is 15.9 Å². The molecule has 0 radical (unpaired) electrons. The van der Waals surface area contributed by atoms with E-state index in [0.717, 1.165) is 12.0 Å². The number of carbonyl (C=O) groups excluding carboxylic acids is 3. The van der Waals surface area contributed by atoms with Gasteiger partial charge in [0.1, 0.15) is 11.6 Å². The number of rotatable bonds is 9. The van der Waals surface area contributed by atoms with E-state index >= 15 is 0 Å². The van der Waals surface area contributed by atoms with E-state index < -0.39 is 35.6 Å². The summed E-state index contributed by atoms with van der Waals surface area (Å²) in [6.45, 7) is 7.77. The first-order chi connectivity index (χ1) is 16.7. The summed E-state index contributed by atoms with van der Waals surface area (Å²) in [6.07, 6.45) is 0.672. The van der Waals surface area contributed by atoms with Crippen LogP contribution in [0.1, 0.15) is 46.1 Å². The highest BCUT2D eigenvalue weighted by molar-refractivity contribution is 9.09. The molecule has 3 saturated heterocycles. The normalized spacial score (nSPS) is 33.1. The molecule has 9 heteroatoms. The Morgan fingerprint density at radius 3 is 2.51 bits per heavy atom. The van der Waals surface area contributed by atoms with Crippen molar-refractivity contribution in [3.8, 4) is 0 Å². The maximum atomic E-state index is 14.0. The highest BCUT2D eigenvalue weighted by Gasteiger charge is 2.77. The van der Waals surface area contributed by atoms with Crippen molar-refractivity contribution < 1.29 is 24.2 Å². The van der Waals surface area contributed by atoms with Crippen molar-refractivity contribution in [1.29, 1.82) is 0 Å². The number of hydrogen-bond acceptors (Lipinski definition) is 5. The van der Waals surface area contributed by atoms with Crippen molar-refractivity contribution in [3.05, 3.63) is 35.9 Å². The standard InChI is InChI=1S/C26H36BrN3O5/c1-5-15(4)18(13-31)30-22(24(33)29-14(2)3)26-11-17(27)21(35-26)19(20(26)25(30)34)23(32)28-12-16-9-7-6-8-10-16/h6-10,14-15,17-22,31H,5,11-13H2,1-4H3,(H,28,32)(H,29,33)/t15-,17?,18-,19+,20-,21+,22?,26?/m0/s1. The lowest BCUT2D eigenvalue weighted by Gasteiger charge is -2.39. The van der Waals surface area contributed by atoms with Gasteiger partial charge in [0.25, 0.3) is 0 Å². The lowest BCUT2D eigenvalue weighted by Crippen LogP contribution is -2.60. The first-order valence-corrected chi connectivity index (χ1v) is 13.4. The molecule has 192 valence electrons. The predicted octanol–water partition coefficient (Wildman–Crippen LogP) is 1.98. The van der Waals surface area contributed by atoms with Gasteiger partial charge < -0.3 is 25.4 Å². The Labute approximate surface area is 215 Å². The van der Waals surface area contributed by atoms with Crippen LogP contribution in [0.15, 0.2) is 30.3 Å². The summed E-state index contributed by atoms with van der Waals surface area (Å²) in [5.41, 5.74) is -0.162. The van der Waals surface area contributed by atoms with Gasteiger partial charge in [-0.3, -0.25) is 14.4 Å². The summed E-state index contributed by atoms with van der Waals surface area (Å²) in [7, 11) is 0. The highest BCUT2D eigenvalue weighted by Crippen LogP contribution is 2.60. The molecule has 1 aromatic carbocycles. The van der Waals surface area contributed by atoms with Crippen LogP contribution in [0.3, 0.4) is 0 Å².